The zero-order chi connectivity index (χ0) is 19.4. The van der Waals surface area contributed by atoms with Crippen LogP contribution < -0.4 is 9.47 Å². The molecule has 8 heteroatoms. The fraction of sp³-hybridized carbons (Fsp3) is 0. The molecule has 27 heavy (non-hydrogen) atoms. The summed E-state index contributed by atoms with van der Waals surface area (Å²) >= 11 is 5.91. The van der Waals surface area contributed by atoms with Crippen molar-refractivity contribution in [1.29, 1.82) is 0 Å². The zero-order valence-electron chi connectivity index (χ0n) is 13.7. The van der Waals surface area contributed by atoms with Crippen LogP contribution in [0.15, 0.2) is 66.7 Å². The topological polar surface area (TPSA) is 98.9 Å². The fourth-order valence-corrected chi connectivity index (χ4v) is 2.43. The van der Waals surface area contributed by atoms with Gasteiger partial charge < -0.3 is 14.6 Å². The first-order valence-corrected chi connectivity index (χ1v) is 8.02. The molecule has 3 aromatic carbocycles. The highest BCUT2D eigenvalue weighted by molar-refractivity contribution is 6.30. The van der Waals surface area contributed by atoms with E-state index in [1.165, 1.54) is 42.5 Å². The van der Waals surface area contributed by atoms with E-state index in [-0.39, 0.29) is 22.7 Å². The maximum absolute atomic E-state index is 11.2. The molecule has 0 aromatic heterocycles. The van der Waals surface area contributed by atoms with Crippen molar-refractivity contribution >= 4 is 23.3 Å². The summed E-state index contributed by atoms with van der Waals surface area (Å²) in [5.41, 5.74) is -0.113. The first kappa shape index (κ1) is 18.2. The third-order valence-electron chi connectivity index (χ3n) is 3.44. The molecule has 0 aliphatic carbocycles. The largest absolute Gasteiger partial charge is 0.478 e. The average Bonchev–Trinajstić information content (AvgIpc) is 2.62. The zero-order valence-corrected chi connectivity index (χ0v) is 14.4. The Morgan fingerprint density at radius 1 is 0.889 bits per heavy atom. The lowest BCUT2D eigenvalue weighted by Gasteiger charge is -2.10. The highest BCUT2D eigenvalue weighted by atomic mass is 35.5. The summed E-state index contributed by atoms with van der Waals surface area (Å²) < 4.78 is 11.2. The number of nitro benzene ring substituents is 1. The molecule has 3 rings (SSSR count). The molecule has 0 unspecified atom stereocenters. The Balaban J connectivity index is 1.89. The van der Waals surface area contributed by atoms with Crippen LogP contribution in [0.1, 0.15) is 10.4 Å². The van der Waals surface area contributed by atoms with Crippen molar-refractivity contribution in [3.63, 3.8) is 0 Å². The van der Waals surface area contributed by atoms with Crippen LogP contribution in [0.4, 0.5) is 5.69 Å². The Kier molecular flexibility index (Phi) is 5.23. The van der Waals surface area contributed by atoms with Crippen LogP contribution in [0.2, 0.25) is 5.02 Å². The second kappa shape index (κ2) is 7.76. The molecule has 0 aliphatic heterocycles. The molecule has 0 aliphatic rings. The molecule has 0 fully saturated rings. The molecule has 136 valence electrons. The van der Waals surface area contributed by atoms with Crippen molar-refractivity contribution in [2.75, 3.05) is 0 Å². The van der Waals surface area contributed by atoms with Crippen molar-refractivity contribution in [3.05, 3.63) is 87.4 Å². The smallest absolute Gasteiger partial charge is 0.335 e. The highest BCUT2D eigenvalue weighted by Gasteiger charge is 2.13. The second-order valence-corrected chi connectivity index (χ2v) is 5.85. The number of carbonyl (C=O) groups is 1. The molecule has 0 atom stereocenters. The summed E-state index contributed by atoms with van der Waals surface area (Å²) in [7, 11) is 0. The van der Waals surface area contributed by atoms with E-state index in [4.69, 9.17) is 26.2 Å². The average molecular weight is 386 g/mol. The number of carboxylic acids is 1. The molecule has 3 aromatic rings. The Labute approximate surface area is 158 Å². The molecule has 0 spiro atoms. The van der Waals surface area contributed by atoms with Crippen LogP contribution >= 0.6 is 11.6 Å². The molecule has 0 heterocycles. The van der Waals surface area contributed by atoms with Crippen molar-refractivity contribution in [2.24, 2.45) is 0 Å². The lowest BCUT2D eigenvalue weighted by Crippen LogP contribution is -1.96. The van der Waals surface area contributed by atoms with E-state index in [1.54, 1.807) is 24.3 Å². The number of aromatic carboxylic acids is 1. The summed E-state index contributed by atoms with van der Waals surface area (Å²) in [4.78, 5) is 21.5. The van der Waals surface area contributed by atoms with Crippen LogP contribution in [0, 0.1) is 10.1 Å². The minimum absolute atomic E-state index is 0.103. The standard InChI is InChI=1S/C19H12ClNO6/c20-13-2-1-3-16(8-13)27-18-10-14(21(24)25)9-17(11-18)26-15-6-4-12(5-7-15)19(22)23/h1-11H,(H,22,23). The van der Waals surface area contributed by atoms with Crippen LogP contribution in [-0.4, -0.2) is 16.0 Å². The molecule has 7 nitrogen and oxygen atoms in total. The summed E-state index contributed by atoms with van der Waals surface area (Å²) in [5, 5.41) is 20.6. The van der Waals surface area contributed by atoms with Crippen LogP contribution in [0.25, 0.3) is 0 Å². The van der Waals surface area contributed by atoms with Gasteiger partial charge in [0.2, 0.25) is 0 Å². The Bertz CT molecular complexity index is 1000. The summed E-state index contributed by atoms with van der Waals surface area (Å²) in [5.74, 6) is 0.0518. The molecule has 0 radical (unpaired) electrons. The molecule has 0 amide bonds. The van der Waals surface area contributed by atoms with Gasteiger partial charge in [0.15, 0.2) is 0 Å². The third-order valence-corrected chi connectivity index (χ3v) is 3.68. The van der Waals surface area contributed by atoms with Gasteiger partial charge in [-0.2, -0.15) is 0 Å². The minimum Gasteiger partial charge on any atom is -0.478 e. The van der Waals surface area contributed by atoms with Gasteiger partial charge in [0.25, 0.3) is 5.69 Å². The second-order valence-electron chi connectivity index (χ2n) is 5.41. The SMILES string of the molecule is O=C(O)c1ccc(Oc2cc(Oc3cccc(Cl)c3)cc([N+](=O)[O-])c2)cc1. The summed E-state index contributed by atoms with van der Waals surface area (Å²) in [6.07, 6.45) is 0. The lowest BCUT2D eigenvalue weighted by atomic mass is 10.2. The predicted molar refractivity (Wildman–Crippen MR) is 98.1 cm³/mol. The normalized spacial score (nSPS) is 10.3. The molecule has 1 N–H and O–H groups in total. The van der Waals surface area contributed by atoms with E-state index in [1.807, 2.05) is 0 Å². The first-order chi connectivity index (χ1) is 12.9. The van der Waals surface area contributed by atoms with Gasteiger partial charge in [0.1, 0.15) is 23.0 Å². The van der Waals surface area contributed by atoms with Gasteiger partial charge in [0, 0.05) is 11.1 Å². The van der Waals surface area contributed by atoms with E-state index < -0.39 is 10.9 Å². The van der Waals surface area contributed by atoms with Crippen molar-refractivity contribution < 1.29 is 24.3 Å². The Morgan fingerprint density at radius 2 is 1.52 bits per heavy atom. The van der Waals surface area contributed by atoms with Gasteiger partial charge in [-0.05, 0) is 42.5 Å². The van der Waals surface area contributed by atoms with Crippen molar-refractivity contribution in [2.45, 2.75) is 0 Å². The van der Waals surface area contributed by atoms with Crippen LogP contribution in [0.3, 0.4) is 0 Å². The van der Waals surface area contributed by atoms with Gasteiger partial charge in [-0.1, -0.05) is 17.7 Å². The number of hydrogen-bond acceptors (Lipinski definition) is 5. The number of ether oxygens (including phenoxy) is 2. The number of halogens is 1. The summed E-state index contributed by atoms with van der Waals surface area (Å²) in [6.45, 7) is 0. The number of nitrogens with zero attached hydrogens (tertiary/aromatic N) is 1. The number of carboxylic acid groups (broad SMARTS) is 1. The van der Waals surface area contributed by atoms with Crippen LogP contribution in [-0.2, 0) is 0 Å². The van der Waals surface area contributed by atoms with Gasteiger partial charge in [0.05, 0.1) is 22.6 Å². The number of rotatable bonds is 6. The van der Waals surface area contributed by atoms with Gasteiger partial charge in [-0.3, -0.25) is 10.1 Å². The molecule has 0 saturated carbocycles. The molecular weight excluding hydrogens is 374 g/mol. The lowest BCUT2D eigenvalue weighted by molar-refractivity contribution is -0.385. The Morgan fingerprint density at radius 3 is 2.07 bits per heavy atom. The van der Waals surface area contributed by atoms with E-state index in [0.29, 0.717) is 16.5 Å². The first-order valence-electron chi connectivity index (χ1n) is 7.65. The molecular formula is C19H12ClNO6. The van der Waals surface area contributed by atoms with Gasteiger partial charge in [-0.15, -0.1) is 0 Å². The fourth-order valence-electron chi connectivity index (χ4n) is 2.25. The minimum atomic E-state index is -1.06. The van der Waals surface area contributed by atoms with Gasteiger partial charge in [-0.25, -0.2) is 4.79 Å². The quantitative estimate of drug-likeness (QED) is 0.442. The van der Waals surface area contributed by atoms with E-state index >= 15 is 0 Å². The Hall–Kier alpha value is -3.58. The van der Waals surface area contributed by atoms with E-state index in [2.05, 4.69) is 0 Å². The van der Waals surface area contributed by atoms with Crippen LogP contribution in [0.5, 0.6) is 23.0 Å². The van der Waals surface area contributed by atoms with Crippen molar-refractivity contribution in [3.8, 4) is 23.0 Å². The number of nitro groups is 1. The van der Waals surface area contributed by atoms with Crippen molar-refractivity contribution in [1.82, 2.24) is 0 Å². The summed E-state index contributed by atoms with van der Waals surface area (Å²) in [6, 6.07) is 16.3. The highest BCUT2D eigenvalue weighted by Crippen LogP contribution is 2.33. The number of benzene rings is 3. The maximum atomic E-state index is 11.2. The maximum Gasteiger partial charge on any atom is 0.335 e. The van der Waals surface area contributed by atoms with Gasteiger partial charge >= 0.3 is 5.97 Å². The monoisotopic (exact) mass is 385 g/mol. The van der Waals surface area contributed by atoms with E-state index in [0.717, 1.165) is 0 Å². The van der Waals surface area contributed by atoms with E-state index in [9.17, 15) is 14.9 Å². The predicted octanol–water partition coefficient (Wildman–Crippen LogP) is 5.53. The third kappa shape index (κ3) is 4.74. The number of hydrogen-bond donors (Lipinski definition) is 1. The molecule has 0 bridgehead atoms. The number of non-ortho nitro benzene ring substituents is 1. The molecule has 0 saturated heterocycles.